The van der Waals surface area contributed by atoms with E-state index in [1.54, 1.807) is 0 Å². The Hall–Kier alpha value is -1.31. The van der Waals surface area contributed by atoms with E-state index in [9.17, 15) is 22.8 Å². The second kappa shape index (κ2) is 5.36. The molecule has 1 fully saturated rings. The minimum atomic E-state index is -4.52. The fourth-order valence-electron chi connectivity index (χ4n) is 1.69. The van der Waals surface area contributed by atoms with Crippen molar-refractivity contribution in [1.82, 2.24) is 4.90 Å². The van der Waals surface area contributed by atoms with Crippen molar-refractivity contribution in [3.8, 4) is 0 Å². The standard InChI is InChI=1S/C11H16F3NO4/c1-10(2,11(12,13)14)5-8(16)15-3-4-19-6-7(15)9(17)18/h7H,3-6H2,1-2H3,(H,17,18)/t7-/m1/s1. The minimum absolute atomic E-state index is 0.0102. The first kappa shape index (κ1) is 15.7. The van der Waals surface area contributed by atoms with Gasteiger partial charge in [-0.15, -0.1) is 0 Å². The molecule has 1 amide bonds. The van der Waals surface area contributed by atoms with Crippen LogP contribution >= 0.6 is 0 Å². The molecule has 1 aliphatic rings. The van der Waals surface area contributed by atoms with Gasteiger partial charge in [0.1, 0.15) is 0 Å². The zero-order valence-electron chi connectivity index (χ0n) is 10.7. The fourth-order valence-corrected chi connectivity index (χ4v) is 1.69. The van der Waals surface area contributed by atoms with E-state index in [-0.39, 0.29) is 19.8 Å². The number of halogens is 3. The first-order valence-electron chi connectivity index (χ1n) is 5.73. The van der Waals surface area contributed by atoms with Crippen LogP contribution in [0.3, 0.4) is 0 Å². The van der Waals surface area contributed by atoms with Crippen molar-refractivity contribution in [2.45, 2.75) is 32.5 Å². The van der Waals surface area contributed by atoms with Crippen molar-refractivity contribution < 1.29 is 32.6 Å². The van der Waals surface area contributed by atoms with Gasteiger partial charge in [-0.2, -0.15) is 13.2 Å². The Bertz CT molecular complexity index is 367. The third-order valence-electron chi connectivity index (χ3n) is 3.09. The van der Waals surface area contributed by atoms with E-state index in [0.717, 1.165) is 18.7 Å². The van der Waals surface area contributed by atoms with Crippen LogP contribution in [-0.4, -0.2) is 53.9 Å². The second-order valence-electron chi connectivity index (χ2n) is 5.07. The Morgan fingerprint density at radius 1 is 1.37 bits per heavy atom. The van der Waals surface area contributed by atoms with Crippen LogP contribution in [-0.2, 0) is 14.3 Å². The third-order valence-corrected chi connectivity index (χ3v) is 3.09. The zero-order chi connectivity index (χ0) is 14.8. The van der Waals surface area contributed by atoms with Crippen LogP contribution in [0, 0.1) is 5.41 Å². The molecule has 0 saturated carbocycles. The summed E-state index contributed by atoms with van der Waals surface area (Å²) < 4.78 is 43.0. The molecule has 1 heterocycles. The zero-order valence-corrected chi connectivity index (χ0v) is 10.7. The molecular weight excluding hydrogens is 267 g/mol. The molecule has 1 atom stereocenters. The predicted molar refractivity (Wildman–Crippen MR) is 58.4 cm³/mol. The van der Waals surface area contributed by atoms with Gasteiger partial charge in [0.2, 0.25) is 5.91 Å². The first-order chi connectivity index (χ1) is 8.56. The van der Waals surface area contributed by atoms with Crippen molar-refractivity contribution in [2.75, 3.05) is 19.8 Å². The van der Waals surface area contributed by atoms with E-state index in [2.05, 4.69) is 0 Å². The molecule has 110 valence electrons. The van der Waals surface area contributed by atoms with Crippen molar-refractivity contribution in [1.29, 1.82) is 0 Å². The van der Waals surface area contributed by atoms with Gasteiger partial charge in [0.05, 0.1) is 18.6 Å². The lowest BCUT2D eigenvalue weighted by atomic mass is 9.87. The Morgan fingerprint density at radius 2 is 1.95 bits per heavy atom. The molecule has 1 aliphatic heterocycles. The third kappa shape index (κ3) is 3.59. The Balaban J connectivity index is 2.79. The number of carbonyl (C=O) groups excluding carboxylic acids is 1. The number of carboxylic acids is 1. The number of aliphatic carboxylic acids is 1. The molecular formula is C11H16F3NO4. The number of hydrogen-bond acceptors (Lipinski definition) is 3. The van der Waals surface area contributed by atoms with E-state index in [1.807, 2.05) is 0 Å². The number of carbonyl (C=O) groups is 2. The average Bonchev–Trinajstić information content (AvgIpc) is 2.26. The highest BCUT2D eigenvalue weighted by Gasteiger charge is 2.49. The van der Waals surface area contributed by atoms with Crippen molar-refractivity contribution in [3.63, 3.8) is 0 Å². The summed E-state index contributed by atoms with van der Waals surface area (Å²) in [6, 6.07) is -1.22. The van der Waals surface area contributed by atoms with E-state index < -0.39 is 35.9 Å². The number of hydrogen-bond donors (Lipinski definition) is 1. The lowest BCUT2D eigenvalue weighted by Gasteiger charge is -2.35. The second-order valence-corrected chi connectivity index (χ2v) is 5.07. The Labute approximate surface area is 108 Å². The molecule has 0 bridgehead atoms. The van der Waals surface area contributed by atoms with Gasteiger partial charge in [-0.3, -0.25) is 4.79 Å². The van der Waals surface area contributed by atoms with Crippen LogP contribution in [0.5, 0.6) is 0 Å². The largest absolute Gasteiger partial charge is 0.480 e. The molecule has 0 spiro atoms. The van der Waals surface area contributed by atoms with E-state index in [0.29, 0.717) is 0 Å². The molecule has 0 unspecified atom stereocenters. The summed E-state index contributed by atoms with van der Waals surface area (Å²) in [7, 11) is 0. The topological polar surface area (TPSA) is 66.8 Å². The maximum atomic E-state index is 12.7. The molecule has 0 radical (unpaired) electrons. The van der Waals surface area contributed by atoms with Crippen LogP contribution in [0.2, 0.25) is 0 Å². The Morgan fingerprint density at radius 3 is 2.42 bits per heavy atom. The molecule has 1 saturated heterocycles. The van der Waals surface area contributed by atoms with Gasteiger partial charge in [-0.1, -0.05) is 13.8 Å². The minimum Gasteiger partial charge on any atom is -0.480 e. The fraction of sp³-hybridized carbons (Fsp3) is 0.818. The molecule has 1 rings (SSSR count). The van der Waals surface area contributed by atoms with Gasteiger partial charge >= 0.3 is 12.1 Å². The summed E-state index contributed by atoms with van der Waals surface area (Å²) in [6.07, 6.45) is -5.30. The van der Waals surface area contributed by atoms with Gasteiger partial charge in [-0.25, -0.2) is 4.79 Å². The summed E-state index contributed by atoms with van der Waals surface area (Å²) in [6.45, 7) is 1.75. The lowest BCUT2D eigenvalue weighted by Crippen LogP contribution is -2.54. The smallest absolute Gasteiger partial charge is 0.394 e. The molecule has 19 heavy (non-hydrogen) atoms. The van der Waals surface area contributed by atoms with Crippen LogP contribution < -0.4 is 0 Å². The number of amides is 1. The predicted octanol–water partition coefficient (Wildman–Crippen LogP) is 1.28. The van der Waals surface area contributed by atoms with Crippen LogP contribution in [0.4, 0.5) is 13.2 Å². The summed E-state index contributed by atoms with van der Waals surface area (Å²) in [5.74, 6) is -2.10. The summed E-state index contributed by atoms with van der Waals surface area (Å²) in [4.78, 5) is 23.8. The van der Waals surface area contributed by atoms with Crippen LogP contribution in [0.15, 0.2) is 0 Å². The molecule has 0 aromatic rings. The van der Waals surface area contributed by atoms with Gasteiger partial charge in [0.15, 0.2) is 6.04 Å². The van der Waals surface area contributed by atoms with Crippen molar-refractivity contribution in [2.24, 2.45) is 5.41 Å². The summed E-state index contributed by atoms with van der Waals surface area (Å²) in [5, 5.41) is 8.92. The number of rotatable bonds is 3. The molecule has 1 N–H and O–H groups in total. The maximum absolute atomic E-state index is 12.7. The van der Waals surface area contributed by atoms with E-state index in [4.69, 9.17) is 9.84 Å². The highest BCUT2D eigenvalue weighted by atomic mass is 19.4. The highest BCUT2D eigenvalue weighted by molar-refractivity contribution is 5.84. The maximum Gasteiger partial charge on any atom is 0.394 e. The van der Waals surface area contributed by atoms with Gasteiger partial charge in [0, 0.05) is 13.0 Å². The van der Waals surface area contributed by atoms with Crippen molar-refractivity contribution in [3.05, 3.63) is 0 Å². The van der Waals surface area contributed by atoms with Gasteiger partial charge in [0.25, 0.3) is 0 Å². The molecule has 0 aromatic heterocycles. The van der Waals surface area contributed by atoms with Gasteiger partial charge < -0.3 is 14.7 Å². The molecule has 0 aliphatic carbocycles. The average molecular weight is 283 g/mol. The lowest BCUT2D eigenvalue weighted by molar-refractivity contribution is -0.216. The monoisotopic (exact) mass is 283 g/mol. The van der Waals surface area contributed by atoms with E-state index in [1.165, 1.54) is 0 Å². The first-order valence-corrected chi connectivity index (χ1v) is 5.73. The van der Waals surface area contributed by atoms with E-state index >= 15 is 0 Å². The number of nitrogens with zero attached hydrogens (tertiary/aromatic N) is 1. The normalized spacial score (nSPS) is 21.3. The van der Waals surface area contributed by atoms with Crippen LogP contribution in [0.25, 0.3) is 0 Å². The van der Waals surface area contributed by atoms with Crippen molar-refractivity contribution >= 4 is 11.9 Å². The molecule has 0 aromatic carbocycles. The molecule has 5 nitrogen and oxygen atoms in total. The number of alkyl halides is 3. The van der Waals surface area contributed by atoms with Gasteiger partial charge in [-0.05, 0) is 0 Å². The molecule has 8 heteroatoms. The number of ether oxygens (including phenoxy) is 1. The highest BCUT2D eigenvalue weighted by Crippen LogP contribution is 2.40. The Kier molecular flexibility index (Phi) is 4.44. The number of morpholine rings is 1. The SMILES string of the molecule is CC(C)(CC(=O)N1CCOC[C@@H]1C(=O)O)C(F)(F)F. The summed E-state index contributed by atoms with van der Waals surface area (Å²) in [5.41, 5.74) is -2.19. The van der Waals surface area contributed by atoms with Crippen LogP contribution in [0.1, 0.15) is 20.3 Å². The quantitative estimate of drug-likeness (QED) is 0.847. The number of carboxylic acid groups (broad SMARTS) is 1. The summed E-state index contributed by atoms with van der Waals surface area (Å²) >= 11 is 0.